The van der Waals surface area contributed by atoms with Gasteiger partial charge in [0.2, 0.25) is 5.91 Å². The standard InChI is InChI=1S/C10H8BrNO2/c1-6(13)12-9-3-2-8(11)4-7(9)5-10(12)14/h2-5,14H,1H3. The van der Waals surface area contributed by atoms with Crippen LogP contribution in [-0.4, -0.2) is 15.6 Å². The minimum Gasteiger partial charge on any atom is -0.494 e. The smallest absolute Gasteiger partial charge is 0.230 e. The van der Waals surface area contributed by atoms with Crippen molar-refractivity contribution in [1.82, 2.24) is 4.57 Å². The average Bonchev–Trinajstić information content (AvgIpc) is 2.39. The van der Waals surface area contributed by atoms with Crippen molar-refractivity contribution in [3.63, 3.8) is 0 Å². The Morgan fingerprint density at radius 3 is 2.79 bits per heavy atom. The molecule has 0 unspecified atom stereocenters. The van der Waals surface area contributed by atoms with Crippen LogP contribution in [0.25, 0.3) is 10.9 Å². The molecule has 0 aliphatic rings. The second-order valence-corrected chi connectivity index (χ2v) is 3.98. The molecule has 0 atom stereocenters. The van der Waals surface area contributed by atoms with Gasteiger partial charge in [-0.2, -0.15) is 0 Å². The average molecular weight is 254 g/mol. The van der Waals surface area contributed by atoms with Gasteiger partial charge in [0.25, 0.3) is 0 Å². The van der Waals surface area contributed by atoms with E-state index >= 15 is 0 Å². The van der Waals surface area contributed by atoms with Crippen LogP contribution in [0.15, 0.2) is 28.7 Å². The zero-order valence-corrected chi connectivity index (χ0v) is 9.08. The Hall–Kier alpha value is -1.29. The molecule has 1 heterocycles. The molecule has 0 amide bonds. The van der Waals surface area contributed by atoms with E-state index in [0.29, 0.717) is 0 Å². The van der Waals surface area contributed by atoms with Crippen LogP contribution in [0.5, 0.6) is 5.88 Å². The fourth-order valence-corrected chi connectivity index (χ4v) is 1.88. The number of hydrogen-bond donors (Lipinski definition) is 1. The lowest BCUT2D eigenvalue weighted by Gasteiger charge is -2.00. The Bertz CT molecular complexity index is 516. The van der Waals surface area contributed by atoms with Crippen LogP contribution in [0.2, 0.25) is 0 Å². The van der Waals surface area contributed by atoms with Gasteiger partial charge in [0.05, 0.1) is 5.52 Å². The molecule has 2 rings (SSSR count). The molecule has 0 fully saturated rings. The fraction of sp³-hybridized carbons (Fsp3) is 0.100. The molecular weight excluding hydrogens is 246 g/mol. The first-order valence-electron chi connectivity index (χ1n) is 4.10. The number of aromatic hydroxyl groups is 1. The van der Waals surface area contributed by atoms with Crippen molar-refractivity contribution in [1.29, 1.82) is 0 Å². The maximum Gasteiger partial charge on any atom is 0.230 e. The zero-order chi connectivity index (χ0) is 10.3. The molecule has 0 aliphatic carbocycles. The summed E-state index contributed by atoms with van der Waals surface area (Å²) in [4.78, 5) is 11.2. The summed E-state index contributed by atoms with van der Waals surface area (Å²) < 4.78 is 2.20. The molecule has 2 aromatic rings. The number of fused-ring (bicyclic) bond motifs is 1. The van der Waals surface area contributed by atoms with E-state index in [0.717, 1.165) is 15.4 Å². The lowest BCUT2D eigenvalue weighted by atomic mass is 10.2. The van der Waals surface area contributed by atoms with Crippen LogP contribution in [0.4, 0.5) is 0 Å². The molecule has 1 aromatic carbocycles. The van der Waals surface area contributed by atoms with Gasteiger partial charge in [0.15, 0.2) is 5.88 Å². The minimum absolute atomic E-state index is 0.0226. The summed E-state index contributed by atoms with van der Waals surface area (Å²) in [5, 5.41) is 10.4. The van der Waals surface area contributed by atoms with Crippen LogP contribution < -0.4 is 0 Å². The largest absolute Gasteiger partial charge is 0.494 e. The summed E-state index contributed by atoms with van der Waals surface area (Å²) >= 11 is 3.33. The first-order valence-corrected chi connectivity index (χ1v) is 4.90. The lowest BCUT2D eigenvalue weighted by Crippen LogP contribution is -2.03. The summed E-state index contributed by atoms with van der Waals surface area (Å²) in [5.41, 5.74) is 0.721. The van der Waals surface area contributed by atoms with Gasteiger partial charge in [-0.1, -0.05) is 15.9 Å². The molecule has 3 nitrogen and oxygen atoms in total. The van der Waals surface area contributed by atoms with Crippen LogP contribution >= 0.6 is 15.9 Å². The second-order valence-electron chi connectivity index (χ2n) is 3.06. The number of aromatic nitrogens is 1. The Balaban J connectivity index is 2.84. The third kappa shape index (κ3) is 1.32. The third-order valence-electron chi connectivity index (χ3n) is 2.06. The van der Waals surface area contributed by atoms with Gasteiger partial charge in [-0.05, 0) is 18.2 Å². The highest BCUT2D eigenvalue weighted by molar-refractivity contribution is 9.10. The minimum atomic E-state index is -0.195. The van der Waals surface area contributed by atoms with E-state index in [2.05, 4.69) is 15.9 Å². The van der Waals surface area contributed by atoms with E-state index in [1.165, 1.54) is 11.5 Å². The van der Waals surface area contributed by atoms with E-state index < -0.39 is 0 Å². The molecule has 1 aromatic heterocycles. The first-order chi connectivity index (χ1) is 6.59. The summed E-state index contributed by atoms with van der Waals surface area (Å²) in [6, 6.07) is 7.05. The third-order valence-corrected chi connectivity index (χ3v) is 2.55. The Labute approximate surface area is 89.1 Å². The molecule has 72 valence electrons. The predicted molar refractivity (Wildman–Crippen MR) is 57.6 cm³/mol. The molecule has 0 aliphatic heterocycles. The van der Waals surface area contributed by atoms with Gasteiger partial charge in [-0.25, -0.2) is 0 Å². The number of carbonyl (C=O) groups excluding carboxylic acids is 1. The van der Waals surface area contributed by atoms with Crippen molar-refractivity contribution in [3.8, 4) is 5.88 Å². The number of benzene rings is 1. The fourth-order valence-electron chi connectivity index (χ4n) is 1.50. The van der Waals surface area contributed by atoms with Crippen molar-refractivity contribution in [3.05, 3.63) is 28.7 Å². The molecule has 0 radical (unpaired) electrons. The van der Waals surface area contributed by atoms with Gasteiger partial charge in [-0.15, -0.1) is 0 Å². The predicted octanol–water partition coefficient (Wildman–Crippen LogP) is 2.77. The highest BCUT2D eigenvalue weighted by Gasteiger charge is 2.10. The van der Waals surface area contributed by atoms with E-state index in [1.54, 1.807) is 12.1 Å². The summed E-state index contributed by atoms with van der Waals surface area (Å²) in [7, 11) is 0. The van der Waals surface area contributed by atoms with Crippen molar-refractivity contribution in [2.75, 3.05) is 0 Å². The molecule has 4 heteroatoms. The summed E-state index contributed by atoms with van der Waals surface area (Å²) in [6.45, 7) is 1.42. The van der Waals surface area contributed by atoms with Gasteiger partial charge in [-0.3, -0.25) is 9.36 Å². The number of carbonyl (C=O) groups is 1. The number of halogens is 1. The van der Waals surface area contributed by atoms with Gasteiger partial charge >= 0.3 is 0 Å². The molecule has 1 N–H and O–H groups in total. The van der Waals surface area contributed by atoms with Crippen molar-refractivity contribution in [2.45, 2.75) is 6.92 Å². The molecule has 0 saturated carbocycles. The zero-order valence-electron chi connectivity index (χ0n) is 7.49. The van der Waals surface area contributed by atoms with Gasteiger partial charge < -0.3 is 5.11 Å². The highest BCUT2D eigenvalue weighted by Crippen LogP contribution is 2.26. The van der Waals surface area contributed by atoms with Gasteiger partial charge in [0.1, 0.15) is 0 Å². The topological polar surface area (TPSA) is 42.2 Å². The van der Waals surface area contributed by atoms with Crippen LogP contribution in [0.3, 0.4) is 0 Å². The quantitative estimate of drug-likeness (QED) is 0.785. The van der Waals surface area contributed by atoms with E-state index in [-0.39, 0.29) is 11.8 Å². The maximum absolute atomic E-state index is 11.2. The van der Waals surface area contributed by atoms with Crippen LogP contribution in [0.1, 0.15) is 11.7 Å². The van der Waals surface area contributed by atoms with Crippen molar-refractivity contribution < 1.29 is 9.90 Å². The van der Waals surface area contributed by atoms with Crippen molar-refractivity contribution in [2.24, 2.45) is 0 Å². The number of hydrogen-bond acceptors (Lipinski definition) is 2. The normalized spacial score (nSPS) is 10.7. The maximum atomic E-state index is 11.2. The molecule has 0 bridgehead atoms. The monoisotopic (exact) mass is 253 g/mol. The van der Waals surface area contributed by atoms with Crippen molar-refractivity contribution >= 4 is 32.7 Å². The van der Waals surface area contributed by atoms with E-state index in [4.69, 9.17) is 0 Å². The number of nitrogens with zero attached hydrogens (tertiary/aromatic N) is 1. The van der Waals surface area contributed by atoms with Crippen LogP contribution in [-0.2, 0) is 0 Å². The lowest BCUT2D eigenvalue weighted by molar-refractivity contribution is 0.0933. The molecular formula is C10H8BrNO2. The molecule has 0 spiro atoms. The van der Waals surface area contributed by atoms with E-state index in [1.807, 2.05) is 12.1 Å². The first kappa shape index (κ1) is 9.27. The number of rotatable bonds is 0. The SMILES string of the molecule is CC(=O)n1c(O)cc2cc(Br)ccc21. The summed E-state index contributed by atoms with van der Waals surface area (Å²) in [6.07, 6.45) is 0. The molecule has 0 saturated heterocycles. The van der Waals surface area contributed by atoms with Gasteiger partial charge in [0, 0.05) is 22.8 Å². The second kappa shape index (κ2) is 3.13. The molecule has 14 heavy (non-hydrogen) atoms. The van der Waals surface area contributed by atoms with E-state index in [9.17, 15) is 9.90 Å². The van der Waals surface area contributed by atoms with Crippen LogP contribution in [0, 0.1) is 0 Å². The Kier molecular flexibility index (Phi) is 2.07. The Morgan fingerprint density at radius 2 is 2.14 bits per heavy atom. The summed E-state index contributed by atoms with van der Waals surface area (Å²) in [5.74, 6) is -0.217. The highest BCUT2D eigenvalue weighted by atomic mass is 79.9. The Morgan fingerprint density at radius 1 is 1.43 bits per heavy atom.